The number of nitrogens with zero attached hydrogens (tertiary/aromatic N) is 3. The zero-order valence-corrected chi connectivity index (χ0v) is 11.0. The Hall–Kier alpha value is -0.350. The number of rotatable bonds is 1. The van der Waals surface area contributed by atoms with Gasteiger partial charge in [-0.1, -0.05) is 11.6 Å². The Morgan fingerprint density at radius 1 is 1.20 bits per heavy atom. The average Bonchev–Trinajstić information content (AvgIpc) is 2.26. The van der Waals surface area contributed by atoms with Gasteiger partial charge in [0.1, 0.15) is 5.15 Å². The van der Waals surface area contributed by atoms with Crippen LogP contribution in [0.3, 0.4) is 0 Å². The van der Waals surface area contributed by atoms with Gasteiger partial charge < -0.3 is 4.90 Å². The Bertz CT molecular complexity index is 341. The second kappa shape index (κ2) is 4.66. The smallest absolute Gasteiger partial charge is 0.227 e. The van der Waals surface area contributed by atoms with Crippen molar-refractivity contribution in [3.63, 3.8) is 0 Å². The molecule has 0 aromatic carbocycles. The highest BCUT2D eigenvalue weighted by Gasteiger charge is 2.15. The van der Waals surface area contributed by atoms with E-state index in [4.69, 9.17) is 11.6 Å². The standard InChI is InChI=1S/C10H13BrClN3/c1-7-8(11)9(12)14-10(13-7)15-5-3-2-4-6-15/h2-6H2,1H3. The Kier molecular flexibility index (Phi) is 3.46. The largest absolute Gasteiger partial charge is 0.341 e. The molecule has 2 rings (SSSR count). The van der Waals surface area contributed by atoms with Crippen LogP contribution in [0.4, 0.5) is 5.95 Å². The van der Waals surface area contributed by atoms with Crippen LogP contribution in [0.5, 0.6) is 0 Å². The van der Waals surface area contributed by atoms with Gasteiger partial charge in [-0.25, -0.2) is 4.98 Å². The van der Waals surface area contributed by atoms with Gasteiger partial charge in [-0.15, -0.1) is 0 Å². The van der Waals surface area contributed by atoms with Gasteiger partial charge in [0.15, 0.2) is 0 Å². The van der Waals surface area contributed by atoms with Crippen LogP contribution in [0.2, 0.25) is 5.15 Å². The summed E-state index contributed by atoms with van der Waals surface area (Å²) in [7, 11) is 0. The second-order valence-electron chi connectivity index (χ2n) is 3.76. The van der Waals surface area contributed by atoms with Crippen molar-refractivity contribution in [3.8, 4) is 0 Å². The predicted molar refractivity (Wildman–Crippen MR) is 65.5 cm³/mol. The van der Waals surface area contributed by atoms with Crippen molar-refractivity contribution in [2.75, 3.05) is 18.0 Å². The minimum absolute atomic E-state index is 0.503. The third-order valence-corrected chi connectivity index (χ3v) is 4.05. The normalized spacial score (nSPS) is 16.9. The maximum Gasteiger partial charge on any atom is 0.227 e. The van der Waals surface area contributed by atoms with E-state index in [0.29, 0.717) is 5.15 Å². The number of anilines is 1. The predicted octanol–water partition coefficient (Wildman–Crippen LogP) is 3.19. The van der Waals surface area contributed by atoms with Gasteiger partial charge in [0.05, 0.1) is 10.2 Å². The number of halogens is 2. The van der Waals surface area contributed by atoms with Gasteiger partial charge in [-0.05, 0) is 42.1 Å². The lowest BCUT2D eigenvalue weighted by atomic mass is 10.1. The maximum absolute atomic E-state index is 6.01. The SMILES string of the molecule is Cc1nc(N2CCCCC2)nc(Cl)c1Br. The van der Waals surface area contributed by atoms with Crippen molar-refractivity contribution in [1.29, 1.82) is 0 Å². The molecular formula is C10H13BrClN3. The topological polar surface area (TPSA) is 29.0 Å². The first-order valence-corrected chi connectivity index (χ1v) is 6.30. The fraction of sp³-hybridized carbons (Fsp3) is 0.600. The van der Waals surface area contributed by atoms with Crippen LogP contribution in [0.15, 0.2) is 4.47 Å². The first-order valence-electron chi connectivity index (χ1n) is 5.13. The second-order valence-corrected chi connectivity index (χ2v) is 4.91. The molecule has 0 spiro atoms. The van der Waals surface area contributed by atoms with Crippen molar-refractivity contribution in [2.45, 2.75) is 26.2 Å². The number of aromatic nitrogens is 2. The summed E-state index contributed by atoms with van der Waals surface area (Å²) < 4.78 is 0.796. The first-order chi connectivity index (χ1) is 7.18. The van der Waals surface area contributed by atoms with Crippen LogP contribution in [-0.2, 0) is 0 Å². The van der Waals surface area contributed by atoms with Crippen LogP contribution in [0.1, 0.15) is 25.0 Å². The van der Waals surface area contributed by atoms with E-state index in [0.717, 1.165) is 29.2 Å². The number of hydrogen-bond acceptors (Lipinski definition) is 3. The van der Waals surface area contributed by atoms with Crippen LogP contribution in [-0.4, -0.2) is 23.1 Å². The van der Waals surface area contributed by atoms with Crippen LogP contribution >= 0.6 is 27.5 Å². The fourth-order valence-corrected chi connectivity index (χ4v) is 2.14. The molecule has 0 atom stereocenters. The van der Waals surface area contributed by atoms with E-state index >= 15 is 0 Å². The molecule has 0 N–H and O–H groups in total. The quantitative estimate of drug-likeness (QED) is 0.744. The van der Waals surface area contributed by atoms with Crippen molar-refractivity contribution in [2.24, 2.45) is 0 Å². The van der Waals surface area contributed by atoms with E-state index in [1.165, 1.54) is 19.3 Å². The van der Waals surface area contributed by atoms with E-state index in [1.807, 2.05) is 6.92 Å². The molecule has 1 fully saturated rings. The van der Waals surface area contributed by atoms with Crippen molar-refractivity contribution in [3.05, 3.63) is 15.3 Å². The summed E-state index contributed by atoms with van der Waals surface area (Å²) in [6, 6.07) is 0. The van der Waals surface area contributed by atoms with Gasteiger partial charge in [0, 0.05) is 13.1 Å². The van der Waals surface area contributed by atoms with Crippen LogP contribution in [0.25, 0.3) is 0 Å². The molecular weight excluding hydrogens is 277 g/mol. The maximum atomic E-state index is 6.01. The molecule has 0 unspecified atom stereocenters. The summed E-state index contributed by atoms with van der Waals surface area (Å²) >= 11 is 9.38. The minimum atomic E-state index is 0.503. The van der Waals surface area contributed by atoms with Gasteiger partial charge in [0.2, 0.25) is 5.95 Å². The Balaban J connectivity index is 2.27. The summed E-state index contributed by atoms with van der Waals surface area (Å²) in [4.78, 5) is 10.9. The summed E-state index contributed by atoms with van der Waals surface area (Å²) in [6.07, 6.45) is 3.74. The Morgan fingerprint density at radius 2 is 1.87 bits per heavy atom. The molecule has 0 aliphatic carbocycles. The van der Waals surface area contributed by atoms with Gasteiger partial charge >= 0.3 is 0 Å². The van der Waals surface area contributed by atoms with Gasteiger partial charge in [-0.2, -0.15) is 4.98 Å². The average molecular weight is 291 g/mol. The first kappa shape index (κ1) is 11.1. The lowest BCUT2D eigenvalue weighted by Gasteiger charge is -2.26. The lowest BCUT2D eigenvalue weighted by Crippen LogP contribution is -2.31. The molecule has 0 amide bonds. The summed E-state index contributed by atoms with van der Waals surface area (Å²) in [5.74, 6) is 0.764. The molecule has 1 saturated heterocycles. The van der Waals surface area contributed by atoms with E-state index in [-0.39, 0.29) is 0 Å². The van der Waals surface area contributed by atoms with Crippen molar-refractivity contribution < 1.29 is 0 Å². The molecule has 1 aromatic rings. The molecule has 1 aliphatic rings. The zero-order chi connectivity index (χ0) is 10.8. The molecule has 1 aromatic heterocycles. The molecule has 5 heteroatoms. The third kappa shape index (κ3) is 2.42. The third-order valence-electron chi connectivity index (χ3n) is 2.60. The molecule has 0 radical (unpaired) electrons. The van der Waals surface area contributed by atoms with Crippen LogP contribution in [0, 0.1) is 6.92 Å². The summed E-state index contributed by atoms with van der Waals surface area (Å²) in [5, 5.41) is 0.503. The van der Waals surface area contributed by atoms with E-state index in [1.54, 1.807) is 0 Å². The van der Waals surface area contributed by atoms with E-state index < -0.39 is 0 Å². The summed E-state index contributed by atoms with van der Waals surface area (Å²) in [6.45, 7) is 4.01. The fourth-order valence-electron chi connectivity index (χ4n) is 1.75. The molecule has 0 bridgehead atoms. The zero-order valence-electron chi connectivity index (χ0n) is 8.63. The highest BCUT2D eigenvalue weighted by atomic mass is 79.9. The van der Waals surface area contributed by atoms with Crippen molar-refractivity contribution in [1.82, 2.24) is 9.97 Å². The highest BCUT2D eigenvalue weighted by molar-refractivity contribution is 9.10. The van der Waals surface area contributed by atoms with E-state index in [2.05, 4.69) is 30.8 Å². The highest BCUT2D eigenvalue weighted by Crippen LogP contribution is 2.26. The minimum Gasteiger partial charge on any atom is -0.341 e. The van der Waals surface area contributed by atoms with Crippen LogP contribution < -0.4 is 4.90 Å². The number of hydrogen-bond donors (Lipinski definition) is 0. The number of aryl methyl sites for hydroxylation is 1. The van der Waals surface area contributed by atoms with E-state index in [9.17, 15) is 0 Å². The molecule has 0 saturated carbocycles. The molecule has 3 nitrogen and oxygen atoms in total. The van der Waals surface area contributed by atoms with Crippen molar-refractivity contribution >= 4 is 33.5 Å². The Morgan fingerprint density at radius 3 is 2.47 bits per heavy atom. The van der Waals surface area contributed by atoms with Gasteiger partial charge in [-0.3, -0.25) is 0 Å². The lowest BCUT2D eigenvalue weighted by molar-refractivity contribution is 0.567. The molecule has 2 heterocycles. The Labute approximate surface area is 103 Å². The molecule has 15 heavy (non-hydrogen) atoms. The monoisotopic (exact) mass is 289 g/mol. The number of piperidine rings is 1. The molecule has 1 aliphatic heterocycles. The molecule has 82 valence electrons. The summed E-state index contributed by atoms with van der Waals surface area (Å²) in [5.41, 5.74) is 0.899. The van der Waals surface area contributed by atoms with Gasteiger partial charge in [0.25, 0.3) is 0 Å².